The van der Waals surface area contributed by atoms with Crippen molar-refractivity contribution in [2.75, 3.05) is 0 Å². The fourth-order valence-electron chi connectivity index (χ4n) is 2.22. The van der Waals surface area contributed by atoms with Gasteiger partial charge >= 0.3 is 5.97 Å². The average molecular weight is 300 g/mol. The van der Waals surface area contributed by atoms with Gasteiger partial charge in [0.1, 0.15) is 5.69 Å². The molecule has 2 aromatic rings. The summed E-state index contributed by atoms with van der Waals surface area (Å²) in [5.41, 5.74) is 0.205. The molecule has 19 heavy (non-hydrogen) atoms. The summed E-state index contributed by atoms with van der Waals surface area (Å²) < 4.78 is 1.53. The highest BCUT2D eigenvalue weighted by molar-refractivity contribution is 6.38. The molecule has 2 rings (SSSR count). The second-order valence-electron chi connectivity index (χ2n) is 4.13. The molecule has 0 spiro atoms. The Kier molecular flexibility index (Phi) is 3.56. The standard InChI is InChI=1S/C13H11Cl2NO3/c1-3-16-9-5-7(14)4-8(15)10(9)12(17)6(2)11(16)13(18)19/h4-5H,3H2,1-2H3,(H,18,19). The number of benzene rings is 1. The van der Waals surface area contributed by atoms with E-state index < -0.39 is 5.97 Å². The number of aryl methyl sites for hydroxylation is 1. The molecule has 1 aromatic heterocycles. The number of nitrogens with zero attached hydrogens (tertiary/aromatic N) is 1. The van der Waals surface area contributed by atoms with Crippen LogP contribution in [0.25, 0.3) is 10.9 Å². The number of rotatable bonds is 2. The zero-order valence-corrected chi connectivity index (χ0v) is 11.8. The first-order chi connectivity index (χ1) is 8.88. The van der Waals surface area contributed by atoms with Gasteiger partial charge in [0.25, 0.3) is 0 Å². The van der Waals surface area contributed by atoms with Crippen LogP contribution in [0.5, 0.6) is 0 Å². The van der Waals surface area contributed by atoms with Gasteiger partial charge in [0, 0.05) is 17.1 Å². The lowest BCUT2D eigenvalue weighted by Crippen LogP contribution is -2.22. The number of aromatic nitrogens is 1. The van der Waals surface area contributed by atoms with Crippen LogP contribution >= 0.6 is 23.2 Å². The van der Waals surface area contributed by atoms with Crippen molar-refractivity contribution in [1.29, 1.82) is 0 Å². The molecule has 0 saturated heterocycles. The van der Waals surface area contributed by atoms with Crippen LogP contribution in [0.3, 0.4) is 0 Å². The predicted octanol–water partition coefficient (Wildman–Crippen LogP) is 3.33. The van der Waals surface area contributed by atoms with E-state index in [4.69, 9.17) is 23.2 Å². The molecule has 1 aromatic carbocycles. The zero-order valence-electron chi connectivity index (χ0n) is 10.3. The first kappa shape index (κ1) is 13.9. The number of carboxylic acids is 1. The highest BCUT2D eigenvalue weighted by Gasteiger charge is 2.20. The van der Waals surface area contributed by atoms with Crippen molar-refractivity contribution in [2.45, 2.75) is 20.4 Å². The van der Waals surface area contributed by atoms with E-state index in [-0.39, 0.29) is 21.7 Å². The quantitative estimate of drug-likeness (QED) is 0.925. The van der Waals surface area contributed by atoms with Gasteiger partial charge in [-0.1, -0.05) is 23.2 Å². The van der Waals surface area contributed by atoms with Gasteiger partial charge in [0.2, 0.25) is 0 Å². The first-order valence-electron chi connectivity index (χ1n) is 5.64. The lowest BCUT2D eigenvalue weighted by Gasteiger charge is -2.15. The third-order valence-corrected chi connectivity index (χ3v) is 3.55. The molecule has 0 bridgehead atoms. The van der Waals surface area contributed by atoms with Gasteiger partial charge in [-0.3, -0.25) is 4.79 Å². The van der Waals surface area contributed by atoms with E-state index in [1.807, 2.05) is 0 Å². The molecule has 0 fully saturated rings. The molecule has 4 nitrogen and oxygen atoms in total. The highest BCUT2D eigenvalue weighted by atomic mass is 35.5. The summed E-state index contributed by atoms with van der Waals surface area (Å²) in [5.74, 6) is -1.14. The van der Waals surface area contributed by atoms with Gasteiger partial charge in [0.05, 0.1) is 15.9 Å². The van der Waals surface area contributed by atoms with Crippen molar-refractivity contribution < 1.29 is 9.90 Å². The Bertz CT molecular complexity index is 750. The second-order valence-corrected chi connectivity index (χ2v) is 4.98. The van der Waals surface area contributed by atoms with Gasteiger partial charge in [-0.15, -0.1) is 0 Å². The molecule has 1 heterocycles. The molecule has 0 aliphatic rings. The van der Waals surface area contributed by atoms with Crippen molar-refractivity contribution in [2.24, 2.45) is 0 Å². The third-order valence-electron chi connectivity index (χ3n) is 3.04. The summed E-state index contributed by atoms with van der Waals surface area (Å²) in [7, 11) is 0. The lowest BCUT2D eigenvalue weighted by atomic mass is 10.1. The smallest absolute Gasteiger partial charge is 0.352 e. The minimum atomic E-state index is -1.14. The van der Waals surface area contributed by atoms with E-state index in [1.54, 1.807) is 13.0 Å². The summed E-state index contributed by atoms with van der Waals surface area (Å²) in [4.78, 5) is 23.6. The maximum Gasteiger partial charge on any atom is 0.352 e. The number of hydrogen-bond donors (Lipinski definition) is 1. The Morgan fingerprint density at radius 2 is 2.00 bits per heavy atom. The van der Waals surface area contributed by atoms with Crippen LogP contribution in [-0.4, -0.2) is 15.6 Å². The molecule has 0 atom stereocenters. The summed E-state index contributed by atoms with van der Waals surface area (Å²) in [6.45, 7) is 3.68. The number of carboxylic acid groups (broad SMARTS) is 1. The number of pyridine rings is 1. The summed E-state index contributed by atoms with van der Waals surface area (Å²) in [5, 5.41) is 10.2. The van der Waals surface area contributed by atoms with E-state index in [0.29, 0.717) is 22.5 Å². The van der Waals surface area contributed by atoms with Crippen LogP contribution in [-0.2, 0) is 6.54 Å². The summed E-state index contributed by atoms with van der Waals surface area (Å²) in [6, 6.07) is 3.03. The van der Waals surface area contributed by atoms with Crippen molar-refractivity contribution in [3.63, 3.8) is 0 Å². The number of halogens is 2. The topological polar surface area (TPSA) is 59.3 Å². The van der Waals surface area contributed by atoms with Gasteiger partial charge in [-0.05, 0) is 26.0 Å². The fourth-order valence-corrected chi connectivity index (χ4v) is 2.79. The molecule has 0 saturated carbocycles. The molecule has 0 aliphatic heterocycles. The van der Waals surface area contributed by atoms with Gasteiger partial charge in [0.15, 0.2) is 5.43 Å². The van der Waals surface area contributed by atoms with E-state index >= 15 is 0 Å². The highest BCUT2D eigenvalue weighted by Crippen LogP contribution is 2.27. The van der Waals surface area contributed by atoms with E-state index in [9.17, 15) is 14.7 Å². The van der Waals surface area contributed by atoms with E-state index in [1.165, 1.54) is 17.6 Å². The predicted molar refractivity (Wildman–Crippen MR) is 75.6 cm³/mol. The Hall–Kier alpha value is -1.52. The molecule has 0 aliphatic carbocycles. The maximum atomic E-state index is 12.2. The number of aromatic carboxylic acids is 1. The van der Waals surface area contributed by atoms with Gasteiger partial charge in [-0.25, -0.2) is 4.79 Å². The summed E-state index contributed by atoms with van der Waals surface area (Å²) >= 11 is 12.0. The zero-order chi connectivity index (χ0) is 14.3. The van der Waals surface area contributed by atoms with Crippen LogP contribution in [0, 0.1) is 6.92 Å². The van der Waals surface area contributed by atoms with Crippen LogP contribution in [0.2, 0.25) is 10.0 Å². The van der Waals surface area contributed by atoms with Crippen molar-refractivity contribution >= 4 is 40.1 Å². The van der Waals surface area contributed by atoms with Crippen LogP contribution in [0.1, 0.15) is 23.0 Å². The SMILES string of the molecule is CCn1c(C(=O)O)c(C)c(=O)c2c(Cl)cc(Cl)cc21. The Balaban J connectivity index is 3.14. The molecule has 100 valence electrons. The first-order valence-corrected chi connectivity index (χ1v) is 6.39. The fraction of sp³-hybridized carbons (Fsp3) is 0.231. The van der Waals surface area contributed by atoms with Crippen molar-refractivity contribution in [1.82, 2.24) is 4.57 Å². The van der Waals surface area contributed by atoms with Crippen molar-refractivity contribution in [3.05, 3.63) is 43.7 Å². The molecule has 0 unspecified atom stereocenters. The minimum Gasteiger partial charge on any atom is -0.477 e. The van der Waals surface area contributed by atoms with Gasteiger partial charge in [-0.2, -0.15) is 0 Å². The summed E-state index contributed by atoms with van der Waals surface area (Å²) in [6.07, 6.45) is 0. The van der Waals surface area contributed by atoms with Crippen LogP contribution in [0.4, 0.5) is 0 Å². The molecular weight excluding hydrogens is 289 g/mol. The van der Waals surface area contributed by atoms with Crippen LogP contribution in [0.15, 0.2) is 16.9 Å². The monoisotopic (exact) mass is 299 g/mol. The number of hydrogen-bond acceptors (Lipinski definition) is 2. The Labute approximate surface area is 119 Å². The molecule has 6 heteroatoms. The average Bonchev–Trinajstić information content (AvgIpc) is 2.31. The third kappa shape index (κ3) is 2.11. The number of fused-ring (bicyclic) bond motifs is 1. The second kappa shape index (κ2) is 4.87. The number of carbonyl (C=O) groups is 1. The van der Waals surface area contributed by atoms with E-state index in [2.05, 4.69) is 0 Å². The van der Waals surface area contributed by atoms with Crippen molar-refractivity contribution in [3.8, 4) is 0 Å². The van der Waals surface area contributed by atoms with Crippen LogP contribution < -0.4 is 5.43 Å². The Morgan fingerprint density at radius 1 is 1.37 bits per heavy atom. The minimum absolute atomic E-state index is 0.0293. The molecule has 0 amide bonds. The normalized spacial score (nSPS) is 10.9. The molecule has 1 N–H and O–H groups in total. The van der Waals surface area contributed by atoms with Gasteiger partial charge < -0.3 is 9.67 Å². The largest absolute Gasteiger partial charge is 0.477 e. The molecular formula is C13H11Cl2NO3. The maximum absolute atomic E-state index is 12.2. The molecule has 0 radical (unpaired) electrons. The van der Waals surface area contributed by atoms with E-state index in [0.717, 1.165) is 0 Å². The lowest BCUT2D eigenvalue weighted by molar-refractivity contribution is 0.0684. The Morgan fingerprint density at radius 3 is 2.53 bits per heavy atom.